The lowest BCUT2D eigenvalue weighted by molar-refractivity contribution is 1.24. The predicted octanol–water partition coefficient (Wildman–Crippen LogP) is 3.00. The molecule has 0 aliphatic carbocycles. The summed E-state index contributed by atoms with van der Waals surface area (Å²) >= 11 is 5.54. The molecule has 12 heavy (non-hydrogen) atoms. The number of halogens is 2. The lowest BCUT2D eigenvalue weighted by atomic mass is 10.3. The van der Waals surface area contributed by atoms with E-state index in [0.29, 0.717) is 0 Å². The maximum Gasteiger partial charge on any atom is 0.125 e. The van der Waals surface area contributed by atoms with Crippen molar-refractivity contribution >= 4 is 49.6 Å². The molecule has 2 rings (SSSR count). The molecule has 0 aliphatic heterocycles. The van der Waals surface area contributed by atoms with E-state index in [9.17, 15) is 0 Å². The van der Waals surface area contributed by atoms with Crippen molar-refractivity contribution in [1.29, 1.82) is 0 Å². The third-order valence-corrected chi connectivity index (χ3v) is 2.75. The van der Waals surface area contributed by atoms with Crippen molar-refractivity contribution in [3.8, 4) is 0 Å². The first kappa shape index (κ1) is 8.37. The molecule has 2 aromatic rings. The van der Waals surface area contributed by atoms with Gasteiger partial charge in [-0.15, -0.1) is 0 Å². The quantitative estimate of drug-likeness (QED) is 0.692. The van der Waals surface area contributed by atoms with Crippen molar-refractivity contribution in [2.24, 2.45) is 0 Å². The highest BCUT2D eigenvalue weighted by atomic mass is 127. The molecule has 0 amide bonds. The summed E-state index contributed by atoms with van der Waals surface area (Å²) in [5, 5.41) is 0. The van der Waals surface area contributed by atoms with E-state index in [-0.39, 0.29) is 0 Å². The third kappa shape index (κ3) is 1.45. The topological polar surface area (TPSA) is 25.8 Å². The Bertz CT molecular complexity index is 430. The minimum Gasteiger partial charge on any atom is -0.252 e. The lowest BCUT2D eigenvalue weighted by Gasteiger charge is -1.97. The molecule has 0 bridgehead atoms. The zero-order valence-electron chi connectivity index (χ0n) is 5.96. The summed E-state index contributed by atoms with van der Waals surface area (Å²) in [6.07, 6.45) is 1.71. The van der Waals surface area contributed by atoms with Crippen molar-refractivity contribution in [3.63, 3.8) is 0 Å². The van der Waals surface area contributed by atoms with Gasteiger partial charge < -0.3 is 0 Å². The molecule has 0 aliphatic rings. The van der Waals surface area contributed by atoms with E-state index in [1.807, 2.05) is 18.2 Å². The molecule has 0 atom stereocenters. The summed E-state index contributed by atoms with van der Waals surface area (Å²) in [5.74, 6) is 0. The molecule has 0 unspecified atom stereocenters. The predicted molar refractivity (Wildman–Crippen MR) is 60.0 cm³/mol. The van der Waals surface area contributed by atoms with Gasteiger partial charge in [0.1, 0.15) is 10.1 Å². The summed E-state index contributed by atoms with van der Waals surface area (Å²) in [5.41, 5.74) is 1.89. The van der Waals surface area contributed by atoms with E-state index in [1.165, 1.54) is 0 Å². The van der Waals surface area contributed by atoms with Crippen molar-refractivity contribution < 1.29 is 0 Å². The first-order valence-corrected chi connectivity index (χ1v) is 5.21. The van der Waals surface area contributed by atoms with Crippen LogP contribution >= 0.6 is 38.5 Å². The van der Waals surface area contributed by atoms with Gasteiger partial charge in [0.05, 0.1) is 11.7 Å². The second kappa shape index (κ2) is 3.26. The van der Waals surface area contributed by atoms with Crippen LogP contribution in [0.1, 0.15) is 0 Å². The zero-order chi connectivity index (χ0) is 8.55. The van der Waals surface area contributed by atoms with Crippen LogP contribution in [-0.2, 0) is 0 Å². The number of benzene rings is 1. The smallest absolute Gasteiger partial charge is 0.125 e. The third-order valence-electron chi connectivity index (χ3n) is 1.49. The summed E-state index contributed by atoms with van der Waals surface area (Å²) < 4.78 is 1.90. The van der Waals surface area contributed by atoms with Crippen molar-refractivity contribution in [2.75, 3.05) is 0 Å². The second-order valence-corrected chi connectivity index (χ2v) is 4.27. The van der Waals surface area contributed by atoms with Crippen molar-refractivity contribution in [3.05, 3.63) is 32.6 Å². The summed E-state index contributed by atoms with van der Waals surface area (Å²) in [4.78, 5) is 8.55. The standard InChI is InChI=1S/C8H4BrIN2/c9-7-4-11-6-3-1-2-5(10)8(6)12-7/h1-4H. The van der Waals surface area contributed by atoms with Crippen LogP contribution in [-0.4, -0.2) is 9.97 Å². The van der Waals surface area contributed by atoms with Crippen LogP contribution in [0, 0.1) is 3.57 Å². The Morgan fingerprint density at radius 2 is 2.17 bits per heavy atom. The largest absolute Gasteiger partial charge is 0.252 e. The zero-order valence-corrected chi connectivity index (χ0v) is 9.70. The van der Waals surface area contributed by atoms with Gasteiger partial charge in [0.2, 0.25) is 0 Å². The van der Waals surface area contributed by atoms with Crippen LogP contribution in [0.5, 0.6) is 0 Å². The lowest BCUT2D eigenvalue weighted by Crippen LogP contribution is -1.86. The molecule has 0 N–H and O–H groups in total. The van der Waals surface area contributed by atoms with Gasteiger partial charge in [-0.1, -0.05) is 6.07 Å². The Morgan fingerprint density at radius 1 is 1.33 bits per heavy atom. The molecular formula is C8H4BrIN2. The summed E-state index contributed by atoms with van der Waals surface area (Å²) in [6.45, 7) is 0. The fourth-order valence-corrected chi connectivity index (χ4v) is 1.86. The molecular weight excluding hydrogens is 331 g/mol. The second-order valence-electron chi connectivity index (χ2n) is 2.30. The summed E-state index contributed by atoms with van der Waals surface area (Å²) in [6, 6.07) is 5.95. The number of para-hydroxylation sites is 1. The van der Waals surface area contributed by atoms with Gasteiger partial charge in [-0.2, -0.15) is 0 Å². The van der Waals surface area contributed by atoms with Crippen LogP contribution in [0.4, 0.5) is 0 Å². The van der Waals surface area contributed by atoms with Crippen molar-refractivity contribution in [2.45, 2.75) is 0 Å². The Morgan fingerprint density at radius 3 is 3.00 bits per heavy atom. The van der Waals surface area contributed by atoms with Crippen molar-refractivity contribution in [1.82, 2.24) is 9.97 Å². The number of rotatable bonds is 0. The van der Waals surface area contributed by atoms with Crippen LogP contribution in [0.3, 0.4) is 0 Å². The van der Waals surface area contributed by atoms with Gasteiger partial charge in [-0.05, 0) is 50.7 Å². The monoisotopic (exact) mass is 334 g/mol. The number of hydrogen-bond donors (Lipinski definition) is 0. The van der Waals surface area contributed by atoms with E-state index < -0.39 is 0 Å². The Kier molecular flexibility index (Phi) is 2.27. The highest BCUT2D eigenvalue weighted by Gasteiger charge is 2.00. The highest BCUT2D eigenvalue weighted by Crippen LogP contribution is 2.18. The molecule has 4 heteroatoms. The number of aromatic nitrogens is 2. The molecule has 0 saturated heterocycles. The summed E-state index contributed by atoms with van der Waals surface area (Å²) in [7, 11) is 0. The minimum absolute atomic E-state index is 0.777. The van der Waals surface area contributed by atoms with E-state index in [4.69, 9.17) is 0 Å². The Labute approximate surface area is 91.7 Å². The maximum atomic E-state index is 4.32. The van der Waals surface area contributed by atoms with E-state index in [1.54, 1.807) is 6.20 Å². The average Bonchev–Trinajstić information content (AvgIpc) is 2.07. The van der Waals surface area contributed by atoms with Gasteiger partial charge in [0.15, 0.2) is 0 Å². The number of nitrogens with zero attached hydrogens (tertiary/aromatic N) is 2. The van der Waals surface area contributed by atoms with Gasteiger partial charge in [-0.25, -0.2) is 4.98 Å². The average molecular weight is 335 g/mol. The molecule has 60 valence electrons. The van der Waals surface area contributed by atoms with E-state index in [2.05, 4.69) is 48.5 Å². The molecule has 1 heterocycles. The van der Waals surface area contributed by atoms with Gasteiger partial charge in [0.25, 0.3) is 0 Å². The van der Waals surface area contributed by atoms with Gasteiger partial charge >= 0.3 is 0 Å². The molecule has 0 saturated carbocycles. The Balaban J connectivity index is 2.88. The first-order valence-electron chi connectivity index (χ1n) is 3.34. The van der Waals surface area contributed by atoms with Crippen LogP contribution in [0.2, 0.25) is 0 Å². The normalized spacial score (nSPS) is 10.5. The molecule has 2 nitrogen and oxygen atoms in total. The fourth-order valence-electron chi connectivity index (χ4n) is 0.977. The number of hydrogen-bond acceptors (Lipinski definition) is 2. The fraction of sp³-hybridized carbons (Fsp3) is 0. The Hall–Kier alpha value is -0.230. The molecule has 0 fully saturated rings. The molecule has 1 aromatic carbocycles. The molecule has 0 spiro atoms. The first-order chi connectivity index (χ1) is 5.77. The van der Waals surface area contributed by atoms with E-state index in [0.717, 1.165) is 19.2 Å². The van der Waals surface area contributed by atoms with Crippen LogP contribution < -0.4 is 0 Å². The van der Waals surface area contributed by atoms with E-state index >= 15 is 0 Å². The van der Waals surface area contributed by atoms with Crippen LogP contribution in [0.15, 0.2) is 29.0 Å². The van der Waals surface area contributed by atoms with Crippen LogP contribution in [0.25, 0.3) is 11.0 Å². The minimum atomic E-state index is 0.777. The van der Waals surface area contributed by atoms with Gasteiger partial charge in [0, 0.05) is 3.57 Å². The highest BCUT2D eigenvalue weighted by molar-refractivity contribution is 14.1. The molecule has 1 aromatic heterocycles. The van der Waals surface area contributed by atoms with Gasteiger partial charge in [-0.3, -0.25) is 4.98 Å². The maximum absolute atomic E-state index is 4.32. The number of fused-ring (bicyclic) bond motifs is 1. The SMILES string of the molecule is Brc1cnc2cccc(I)c2n1. The molecule has 0 radical (unpaired) electrons.